The van der Waals surface area contributed by atoms with E-state index in [1.54, 1.807) is 18.2 Å². The first-order chi connectivity index (χ1) is 13.5. The van der Waals surface area contributed by atoms with Gasteiger partial charge in [-0.3, -0.25) is 14.6 Å². The number of nitrogens with one attached hydrogen (secondary N) is 1. The van der Waals surface area contributed by atoms with Crippen molar-refractivity contribution >= 4 is 35.3 Å². The molecule has 7 heteroatoms. The number of nitrogens with zero attached hydrogens (tertiary/aromatic N) is 3. The molecule has 2 aromatic carbocycles. The highest BCUT2D eigenvalue weighted by atomic mass is 35.5. The van der Waals surface area contributed by atoms with Gasteiger partial charge in [0.05, 0.1) is 22.8 Å². The van der Waals surface area contributed by atoms with E-state index in [0.29, 0.717) is 22.2 Å². The number of halogens is 2. The van der Waals surface area contributed by atoms with Crippen LogP contribution in [0.5, 0.6) is 0 Å². The van der Waals surface area contributed by atoms with Crippen molar-refractivity contribution in [1.82, 2.24) is 15.2 Å². The maximum Gasteiger partial charge on any atom is 0.254 e. The van der Waals surface area contributed by atoms with Gasteiger partial charge in [-0.05, 0) is 24.6 Å². The van der Waals surface area contributed by atoms with Crippen LogP contribution in [0.15, 0.2) is 47.6 Å². The number of aryl methyl sites for hydroxylation is 1. The van der Waals surface area contributed by atoms with Crippen molar-refractivity contribution in [3.05, 3.63) is 69.2 Å². The van der Waals surface area contributed by atoms with Crippen molar-refractivity contribution in [3.8, 4) is 0 Å². The molecule has 0 atom stereocenters. The average molecular weight is 419 g/mol. The van der Waals surface area contributed by atoms with Crippen LogP contribution >= 0.6 is 23.2 Å². The molecular formula is C21H24Cl2N4O. The van der Waals surface area contributed by atoms with Crippen LogP contribution in [0, 0.1) is 6.92 Å². The quantitative estimate of drug-likeness (QED) is 0.575. The normalized spacial score (nSPS) is 15.8. The second-order valence-electron chi connectivity index (χ2n) is 6.97. The molecule has 0 bridgehead atoms. The lowest BCUT2D eigenvalue weighted by atomic mass is 10.1. The van der Waals surface area contributed by atoms with Gasteiger partial charge in [-0.2, -0.15) is 5.10 Å². The number of carbonyl (C=O) groups is 1. The Kier molecular flexibility index (Phi) is 7.45. The topological polar surface area (TPSA) is 47.9 Å². The third-order valence-electron chi connectivity index (χ3n) is 4.74. The summed E-state index contributed by atoms with van der Waals surface area (Å²) in [6.07, 6.45) is 1.47. The highest BCUT2D eigenvalue weighted by molar-refractivity contribution is 6.38. The molecule has 1 heterocycles. The van der Waals surface area contributed by atoms with Crippen molar-refractivity contribution in [3.63, 3.8) is 0 Å². The summed E-state index contributed by atoms with van der Waals surface area (Å²) < 4.78 is 0. The smallest absolute Gasteiger partial charge is 0.254 e. The number of benzene rings is 2. The summed E-state index contributed by atoms with van der Waals surface area (Å²) in [5, 5.41) is 4.97. The molecule has 0 unspecified atom stereocenters. The van der Waals surface area contributed by atoms with Crippen LogP contribution in [0.4, 0.5) is 0 Å². The van der Waals surface area contributed by atoms with E-state index in [0.717, 1.165) is 32.7 Å². The molecule has 1 aliphatic heterocycles. The number of rotatable bonds is 6. The second kappa shape index (κ2) is 10.0. The standard InChI is InChI=1S/C21H24Cl2N4O/c1-16-5-7-17(8-6-16)14-26-9-11-27(12-10-26)15-21(28)25-24-13-18-19(22)3-2-4-20(18)23/h2-8,13H,9-12,14-15H2,1H3,(H,25,28). The fourth-order valence-corrected chi connectivity index (χ4v) is 3.59. The number of hydrazone groups is 1. The van der Waals surface area contributed by atoms with E-state index in [1.165, 1.54) is 17.3 Å². The third kappa shape index (κ3) is 6.04. The summed E-state index contributed by atoms with van der Waals surface area (Å²) in [7, 11) is 0. The molecule has 1 fully saturated rings. The summed E-state index contributed by atoms with van der Waals surface area (Å²) in [6, 6.07) is 13.9. The lowest BCUT2D eigenvalue weighted by Crippen LogP contribution is -2.48. The molecule has 1 amide bonds. The minimum atomic E-state index is -0.147. The summed E-state index contributed by atoms with van der Waals surface area (Å²) in [4.78, 5) is 16.7. The Morgan fingerprint density at radius 3 is 2.29 bits per heavy atom. The van der Waals surface area contributed by atoms with Crippen molar-refractivity contribution in [2.24, 2.45) is 5.10 Å². The van der Waals surface area contributed by atoms with Gasteiger partial charge in [0, 0.05) is 38.3 Å². The van der Waals surface area contributed by atoms with Crippen molar-refractivity contribution in [1.29, 1.82) is 0 Å². The first-order valence-corrected chi connectivity index (χ1v) is 10.0. The molecule has 0 aliphatic carbocycles. The zero-order valence-electron chi connectivity index (χ0n) is 15.9. The van der Waals surface area contributed by atoms with Crippen LogP contribution < -0.4 is 5.43 Å². The molecule has 28 heavy (non-hydrogen) atoms. The molecule has 0 saturated carbocycles. The zero-order chi connectivity index (χ0) is 19.9. The van der Waals surface area contributed by atoms with Gasteiger partial charge in [-0.25, -0.2) is 5.43 Å². The molecule has 5 nitrogen and oxygen atoms in total. The number of piperazine rings is 1. The lowest BCUT2D eigenvalue weighted by molar-refractivity contribution is -0.122. The van der Waals surface area contributed by atoms with Gasteiger partial charge < -0.3 is 0 Å². The van der Waals surface area contributed by atoms with Crippen molar-refractivity contribution < 1.29 is 4.79 Å². The Bertz CT molecular complexity index is 811. The first kappa shape index (κ1) is 20.8. The maximum atomic E-state index is 12.1. The van der Waals surface area contributed by atoms with Crippen LogP contribution in [0.3, 0.4) is 0 Å². The summed E-state index contributed by atoms with van der Waals surface area (Å²) in [5.74, 6) is -0.147. The Morgan fingerprint density at radius 2 is 1.64 bits per heavy atom. The Labute approximate surface area is 175 Å². The molecule has 0 radical (unpaired) electrons. The number of amides is 1. The van der Waals surface area contributed by atoms with E-state index in [1.807, 2.05) is 0 Å². The van der Waals surface area contributed by atoms with Gasteiger partial charge in [0.1, 0.15) is 0 Å². The van der Waals surface area contributed by atoms with Crippen LogP contribution in [0.2, 0.25) is 10.0 Å². The van der Waals surface area contributed by atoms with Crippen LogP contribution in [-0.4, -0.2) is 54.6 Å². The Balaban J connectivity index is 1.41. The van der Waals surface area contributed by atoms with E-state index < -0.39 is 0 Å². The largest absolute Gasteiger partial charge is 0.297 e. The van der Waals surface area contributed by atoms with Gasteiger partial charge in [-0.1, -0.05) is 59.1 Å². The van der Waals surface area contributed by atoms with Crippen molar-refractivity contribution in [2.45, 2.75) is 13.5 Å². The summed E-state index contributed by atoms with van der Waals surface area (Å²) in [6.45, 7) is 6.98. The molecule has 148 valence electrons. The minimum absolute atomic E-state index is 0.147. The summed E-state index contributed by atoms with van der Waals surface area (Å²) >= 11 is 12.2. The zero-order valence-corrected chi connectivity index (χ0v) is 17.4. The van der Waals surface area contributed by atoms with E-state index in [4.69, 9.17) is 23.2 Å². The minimum Gasteiger partial charge on any atom is -0.297 e. The van der Waals surface area contributed by atoms with Gasteiger partial charge in [0.25, 0.3) is 5.91 Å². The van der Waals surface area contributed by atoms with E-state index in [2.05, 4.69) is 51.5 Å². The summed E-state index contributed by atoms with van der Waals surface area (Å²) in [5.41, 5.74) is 5.74. The molecular weight excluding hydrogens is 395 g/mol. The molecule has 2 aromatic rings. The van der Waals surface area contributed by atoms with E-state index in [-0.39, 0.29) is 5.91 Å². The van der Waals surface area contributed by atoms with Crippen LogP contribution in [0.1, 0.15) is 16.7 Å². The van der Waals surface area contributed by atoms with Crippen LogP contribution in [-0.2, 0) is 11.3 Å². The Morgan fingerprint density at radius 1 is 1.04 bits per heavy atom. The highest BCUT2D eigenvalue weighted by Gasteiger charge is 2.18. The van der Waals surface area contributed by atoms with Gasteiger partial charge in [0.15, 0.2) is 0 Å². The van der Waals surface area contributed by atoms with E-state index in [9.17, 15) is 4.79 Å². The third-order valence-corrected chi connectivity index (χ3v) is 5.40. The first-order valence-electron chi connectivity index (χ1n) is 9.27. The predicted octanol–water partition coefficient (Wildman–Crippen LogP) is 3.57. The molecule has 1 aliphatic rings. The molecule has 1 saturated heterocycles. The van der Waals surface area contributed by atoms with Gasteiger partial charge in [-0.15, -0.1) is 0 Å². The fourth-order valence-electron chi connectivity index (χ4n) is 3.10. The average Bonchev–Trinajstić information content (AvgIpc) is 2.67. The SMILES string of the molecule is Cc1ccc(CN2CCN(CC(=O)NN=Cc3c(Cl)cccc3Cl)CC2)cc1. The number of hydrogen-bond donors (Lipinski definition) is 1. The van der Waals surface area contributed by atoms with Gasteiger partial charge >= 0.3 is 0 Å². The van der Waals surface area contributed by atoms with E-state index >= 15 is 0 Å². The second-order valence-corrected chi connectivity index (χ2v) is 7.78. The Hall–Kier alpha value is -1.92. The molecule has 1 N–H and O–H groups in total. The van der Waals surface area contributed by atoms with Crippen molar-refractivity contribution in [2.75, 3.05) is 32.7 Å². The lowest BCUT2D eigenvalue weighted by Gasteiger charge is -2.34. The molecule has 0 aromatic heterocycles. The fraction of sp³-hybridized carbons (Fsp3) is 0.333. The molecule has 3 rings (SSSR count). The number of hydrogen-bond acceptors (Lipinski definition) is 4. The van der Waals surface area contributed by atoms with Gasteiger partial charge in [0.2, 0.25) is 0 Å². The predicted molar refractivity (Wildman–Crippen MR) is 115 cm³/mol. The molecule has 0 spiro atoms. The maximum absolute atomic E-state index is 12.1. The number of carbonyl (C=O) groups excluding carboxylic acids is 1. The monoisotopic (exact) mass is 418 g/mol. The highest BCUT2D eigenvalue weighted by Crippen LogP contribution is 2.22. The van der Waals surface area contributed by atoms with Crippen LogP contribution in [0.25, 0.3) is 0 Å².